The molecule has 0 bridgehead atoms. The highest BCUT2D eigenvalue weighted by Crippen LogP contribution is 2.47. The molecule has 0 radical (unpaired) electrons. The van der Waals surface area contributed by atoms with Gasteiger partial charge in [-0.3, -0.25) is 4.79 Å². The molecule has 1 atom stereocenters. The van der Waals surface area contributed by atoms with E-state index in [1.54, 1.807) is 7.11 Å². The number of fused-ring (bicyclic) bond motifs is 3. The van der Waals surface area contributed by atoms with Crippen molar-refractivity contribution in [2.45, 2.75) is 25.4 Å². The van der Waals surface area contributed by atoms with Gasteiger partial charge in [0.1, 0.15) is 17.1 Å². The van der Waals surface area contributed by atoms with Crippen LogP contribution >= 0.6 is 0 Å². The molecule has 0 saturated carbocycles. The fourth-order valence-electron chi connectivity index (χ4n) is 2.94. The van der Waals surface area contributed by atoms with Crippen LogP contribution in [0.5, 0.6) is 11.5 Å². The first-order valence-electron chi connectivity index (χ1n) is 7.22. The second kappa shape index (κ2) is 5.37. The molecular weight excluding hydrogens is 280 g/mol. The van der Waals surface area contributed by atoms with Crippen molar-refractivity contribution in [2.75, 3.05) is 7.11 Å². The molecular formula is C18H18O4. The van der Waals surface area contributed by atoms with Crippen LogP contribution in [0.1, 0.15) is 25.3 Å². The topological polar surface area (TPSA) is 55.8 Å². The summed E-state index contributed by atoms with van der Waals surface area (Å²) in [6.07, 6.45) is 0.487. The summed E-state index contributed by atoms with van der Waals surface area (Å²) < 4.78 is 11.5. The molecule has 0 spiro atoms. The Hall–Kier alpha value is -2.49. The second-order valence-electron chi connectivity index (χ2n) is 5.63. The number of rotatable bonds is 4. The van der Waals surface area contributed by atoms with E-state index in [2.05, 4.69) is 0 Å². The molecule has 1 heterocycles. The lowest BCUT2D eigenvalue weighted by molar-refractivity contribution is -0.138. The van der Waals surface area contributed by atoms with Gasteiger partial charge in [-0.1, -0.05) is 24.3 Å². The Morgan fingerprint density at radius 3 is 2.73 bits per heavy atom. The van der Waals surface area contributed by atoms with Gasteiger partial charge in [0.25, 0.3) is 0 Å². The van der Waals surface area contributed by atoms with Crippen LogP contribution in [0.4, 0.5) is 0 Å². The highest BCUT2D eigenvalue weighted by Gasteiger charge is 2.36. The van der Waals surface area contributed by atoms with Crippen LogP contribution in [0, 0.1) is 0 Å². The summed E-state index contributed by atoms with van der Waals surface area (Å²) >= 11 is 0. The predicted molar refractivity (Wildman–Crippen MR) is 83.3 cm³/mol. The fourth-order valence-corrected chi connectivity index (χ4v) is 2.94. The molecule has 4 nitrogen and oxygen atoms in total. The maximum absolute atomic E-state index is 11.0. The Morgan fingerprint density at radius 1 is 1.23 bits per heavy atom. The van der Waals surface area contributed by atoms with Crippen LogP contribution in [-0.2, 0) is 10.4 Å². The van der Waals surface area contributed by atoms with Gasteiger partial charge in [0, 0.05) is 24.0 Å². The number of aliphatic carboxylic acids is 1. The minimum absolute atomic E-state index is 0.0658. The molecule has 22 heavy (non-hydrogen) atoms. The largest absolute Gasteiger partial charge is 0.497 e. The van der Waals surface area contributed by atoms with Gasteiger partial charge in [-0.05, 0) is 30.7 Å². The van der Waals surface area contributed by atoms with Gasteiger partial charge in [-0.25, -0.2) is 0 Å². The molecule has 1 aliphatic rings. The van der Waals surface area contributed by atoms with E-state index in [4.69, 9.17) is 14.6 Å². The maximum Gasteiger partial charge on any atom is 0.303 e. The average Bonchev–Trinajstić information content (AvgIpc) is 2.53. The molecule has 0 fully saturated rings. The van der Waals surface area contributed by atoms with Crippen LogP contribution in [0.2, 0.25) is 0 Å². The summed E-state index contributed by atoms with van der Waals surface area (Å²) in [6, 6.07) is 13.6. The molecule has 1 aliphatic heterocycles. The van der Waals surface area contributed by atoms with Crippen LogP contribution in [0.3, 0.4) is 0 Å². The zero-order valence-corrected chi connectivity index (χ0v) is 12.6. The number of benzene rings is 2. The van der Waals surface area contributed by atoms with E-state index in [0.717, 1.165) is 28.2 Å². The fraction of sp³-hybridized carbons (Fsp3) is 0.278. The molecule has 114 valence electrons. The van der Waals surface area contributed by atoms with Gasteiger partial charge in [0.15, 0.2) is 0 Å². The van der Waals surface area contributed by atoms with E-state index in [9.17, 15) is 4.79 Å². The van der Waals surface area contributed by atoms with Crippen molar-refractivity contribution in [2.24, 2.45) is 0 Å². The number of carbonyl (C=O) groups is 1. The monoisotopic (exact) mass is 298 g/mol. The highest BCUT2D eigenvalue weighted by atomic mass is 16.5. The van der Waals surface area contributed by atoms with E-state index in [1.165, 1.54) is 0 Å². The Labute approximate surface area is 129 Å². The summed E-state index contributed by atoms with van der Waals surface area (Å²) in [5, 5.41) is 9.00. The van der Waals surface area contributed by atoms with Gasteiger partial charge in [0.05, 0.1) is 7.11 Å². The molecule has 0 aliphatic carbocycles. The van der Waals surface area contributed by atoms with Crippen molar-refractivity contribution in [1.29, 1.82) is 0 Å². The first-order chi connectivity index (χ1) is 10.5. The Kier molecular flexibility index (Phi) is 3.53. The lowest BCUT2D eigenvalue weighted by Gasteiger charge is -2.37. The molecule has 2 aromatic carbocycles. The minimum Gasteiger partial charge on any atom is -0.497 e. The summed E-state index contributed by atoms with van der Waals surface area (Å²) in [6.45, 7) is 1.95. The average molecular weight is 298 g/mol. The molecule has 2 aromatic rings. The zero-order valence-electron chi connectivity index (χ0n) is 12.6. The predicted octanol–water partition coefficient (Wildman–Crippen LogP) is 3.83. The third kappa shape index (κ3) is 2.41. The Bertz CT molecular complexity index is 723. The lowest BCUT2D eigenvalue weighted by Crippen LogP contribution is -2.33. The number of methoxy groups -OCH3 is 1. The lowest BCUT2D eigenvalue weighted by atomic mass is 9.82. The summed E-state index contributed by atoms with van der Waals surface area (Å²) in [7, 11) is 1.63. The van der Waals surface area contributed by atoms with Crippen molar-refractivity contribution >= 4 is 5.97 Å². The zero-order chi connectivity index (χ0) is 15.7. The molecule has 1 unspecified atom stereocenters. The quantitative estimate of drug-likeness (QED) is 0.932. The number of hydrogen-bond acceptors (Lipinski definition) is 3. The molecule has 3 rings (SSSR count). The Morgan fingerprint density at radius 2 is 2.00 bits per heavy atom. The summed E-state index contributed by atoms with van der Waals surface area (Å²) in [4.78, 5) is 11.0. The first kappa shape index (κ1) is 14.4. The van der Waals surface area contributed by atoms with E-state index in [-0.39, 0.29) is 6.42 Å². The third-order valence-electron chi connectivity index (χ3n) is 4.12. The van der Waals surface area contributed by atoms with Crippen molar-refractivity contribution in [3.05, 3.63) is 48.0 Å². The SMILES string of the molecule is COc1ccc2c(c1)-c1ccccc1C(C)(CCC(=O)O)O2. The van der Waals surface area contributed by atoms with Gasteiger partial charge in [-0.15, -0.1) is 0 Å². The minimum atomic E-state index is -0.817. The number of hydrogen-bond donors (Lipinski definition) is 1. The van der Waals surface area contributed by atoms with Gasteiger partial charge in [-0.2, -0.15) is 0 Å². The standard InChI is InChI=1S/C18H18O4/c1-18(10-9-17(19)20)15-6-4-3-5-13(15)14-11-12(21-2)7-8-16(14)22-18/h3-8,11H,9-10H2,1-2H3,(H,19,20). The molecule has 4 heteroatoms. The first-order valence-corrected chi connectivity index (χ1v) is 7.22. The van der Waals surface area contributed by atoms with Crippen molar-refractivity contribution in [3.8, 4) is 22.6 Å². The third-order valence-corrected chi connectivity index (χ3v) is 4.12. The number of ether oxygens (including phenoxy) is 2. The highest BCUT2D eigenvalue weighted by molar-refractivity contribution is 5.78. The normalized spacial score (nSPS) is 18.8. The van der Waals surface area contributed by atoms with Crippen molar-refractivity contribution in [1.82, 2.24) is 0 Å². The van der Waals surface area contributed by atoms with Gasteiger partial charge < -0.3 is 14.6 Å². The van der Waals surface area contributed by atoms with E-state index >= 15 is 0 Å². The van der Waals surface area contributed by atoms with Crippen LogP contribution < -0.4 is 9.47 Å². The maximum atomic E-state index is 11.0. The second-order valence-corrected chi connectivity index (χ2v) is 5.63. The smallest absolute Gasteiger partial charge is 0.303 e. The van der Waals surface area contributed by atoms with Crippen LogP contribution in [-0.4, -0.2) is 18.2 Å². The Balaban J connectivity index is 2.10. The summed E-state index contributed by atoms with van der Waals surface area (Å²) in [5.41, 5.74) is 2.41. The number of carboxylic acids is 1. The molecule has 0 amide bonds. The van der Waals surface area contributed by atoms with Crippen LogP contribution in [0.25, 0.3) is 11.1 Å². The molecule has 1 N–H and O–H groups in total. The van der Waals surface area contributed by atoms with E-state index in [1.807, 2.05) is 49.4 Å². The van der Waals surface area contributed by atoms with E-state index < -0.39 is 11.6 Å². The van der Waals surface area contributed by atoms with E-state index in [0.29, 0.717) is 6.42 Å². The van der Waals surface area contributed by atoms with Gasteiger partial charge in [0.2, 0.25) is 0 Å². The van der Waals surface area contributed by atoms with Crippen molar-refractivity contribution < 1.29 is 19.4 Å². The molecule has 0 saturated heterocycles. The van der Waals surface area contributed by atoms with Crippen molar-refractivity contribution in [3.63, 3.8) is 0 Å². The van der Waals surface area contributed by atoms with Gasteiger partial charge >= 0.3 is 5.97 Å². The van der Waals surface area contributed by atoms with Crippen LogP contribution in [0.15, 0.2) is 42.5 Å². The summed E-state index contributed by atoms with van der Waals surface area (Å²) in [5.74, 6) is 0.710. The number of carboxylic acid groups (broad SMARTS) is 1. The molecule has 0 aromatic heterocycles.